The number of hydrogen-bond donors (Lipinski definition) is 5. The van der Waals surface area contributed by atoms with E-state index >= 15 is 0 Å². The van der Waals surface area contributed by atoms with Crippen molar-refractivity contribution in [2.45, 2.75) is 25.3 Å². The number of hydrogen-bond acceptors (Lipinski definition) is 5. The van der Waals surface area contributed by atoms with E-state index in [4.69, 9.17) is 11.1 Å². The van der Waals surface area contributed by atoms with Crippen LogP contribution in [-0.4, -0.2) is 37.5 Å². The van der Waals surface area contributed by atoms with Crippen LogP contribution in [0.2, 0.25) is 0 Å². The first-order chi connectivity index (χ1) is 15.6. The van der Waals surface area contributed by atoms with Crippen LogP contribution < -0.4 is 5.73 Å². The normalized spacial score (nSPS) is 18.3. The number of nitro groups is 1. The monoisotopic (exact) mass is 446 g/mol. The molecule has 6 N–H and O–H groups in total. The SMILES string of the molecule is Cc1ccc(C2=C(O)C(c3cc4cc(C(=N)N)ccc4[nH]3)=CC(CC(=O)O)([N+](=O)[O-])C2)cc1. The number of aliphatic hydroxyl groups is 1. The fraction of sp³-hybridized carbons (Fsp3) is 0.167. The Bertz CT molecular complexity index is 1370. The summed E-state index contributed by atoms with van der Waals surface area (Å²) in [6.45, 7) is 1.90. The van der Waals surface area contributed by atoms with Crippen molar-refractivity contribution < 1.29 is 19.9 Å². The highest BCUT2D eigenvalue weighted by atomic mass is 16.6. The Labute approximate surface area is 188 Å². The van der Waals surface area contributed by atoms with Crippen LogP contribution in [-0.2, 0) is 4.79 Å². The third-order valence-corrected chi connectivity index (χ3v) is 5.88. The third kappa shape index (κ3) is 3.96. The minimum Gasteiger partial charge on any atom is -0.507 e. The average molecular weight is 446 g/mol. The Morgan fingerprint density at radius 2 is 1.94 bits per heavy atom. The van der Waals surface area contributed by atoms with Crippen molar-refractivity contribution in [1.82, 2.24) is 4.98 Å². The number of benzene rings is 2. The highest BCUT2D eigenvalue weighted by Gasteiger charge is 2.48. The van der Waals surface area contributed by atoms with Crippen LogP contribution in [0.5, 0.6) is 0 Å². The number of H-pyrrole nitrogens is 1. The molecule has 0 saturated carbocycles. The topological polar surface area (TPSA) is 166 Å². The summed E-state index contributed by atoms with van der Waals surface area (Å²) >= 11 is 0. The Balaban J connectivity index is 1.94. The highest BCUT2D eigenvalue weighted by Crippen LogP contribution is 2.43. The Morgan fingerprint density at radius 3 is 2.55 bits per heavy atom. The number of carboxylic acids is 1. The Morgan fingerprint density at radius 1 is 1.24 bits per heavy atom. The molecule has 33 heavy (non-hydrogen) atoms. The van der Waals surface area contributed by atoms with Crippen molar-refractivity contribution in [3.05, 3.63) is 92.9 Å². The second kappa shape index (κ2) is 7.94. The molecule has 0 amide bonds. The van der Waals surface area contributed by atoms with Gasteiger partial charge in [0.25, 0.3) is 5.54 Å². The average Bonchev–Trinajstić information content (AvgIpc) is 3.18. The number of aromatic nitrogens is 1. The van der Waals surface area contributed by atoms with Crippen molar-refractivity contribution in [3.8, 4) is 0 Å². The van der Waals surface area contributed by atoms with Gasteiger partial charge in [-0.1, -0.05) is 29.8 Å². The lowest BCUT2D eigenvalue weighted by Gasteiger charge is -2.28. The fourth-order valence-corrected chi connectivity index (χ4v) is 4.14. The van der Waals surface area contributed by atoms with Gasteiger partial charge in [0.1, 0.15) is 18.0 Å². The van der Waals surface area contributed by atoms with Crippen LogP contribution in [0.3, 0.4) is 0 Å². The predicted molar refractivity (Wildman–Crippen MR) is 125 cm³/mol. The number of rotatable bonds is 6. The van der Waals surface area contributed by atoms with E-state index in [-0.39, 0.29) is 23.6 Å². The summed E-state index contributed by atoms with van der Waals surface area (Å²) in [6, 6.07) is 13.9. The number of carboxylic acid groups (broad SMARTS) is 1. The maximum Gasteiger partial charge on any atom is 0.311 e. The van der Waals surface area contributed by atoms with E-state index in [9.17, 15) is 25.1 Å². The van der Waals surface area contributed by atoms with Gasteiger partial charge >= 0.3 is 5.97 Å². The summed E-state index contributed by atoms with van der Waals surface area (Å²) in [5.74, 6) is -1.57. The van der Waals surface area contributed by atoms with Gasteiger partial charge in [0.2, 0.25) is 0 Å². The zero-order chi connectivity index (χ0) is 23.9. The van der Waals surface area contributed by atoms with Gasteiger partial charge in [-0.05, 0) is 36.8 Å². The fourth-order valence-electron chi connectivity index (χ4n) is 4.14. The highest BCUT2D eigenvalue weighted by molar-refractivity contribution is 6.00. The number of nitrogens with two attached hydrogens (primary N) is 1. The molecule has 0 spiro atoms. The molecule has 9 heteroatoms. The van der Waals surface area contributed by atoms with Gasteiger partial charge in [-0.2, -0.15) is 0 Å². The van der Waals surface area contributed by atoms with Gasteiger partial charge in [0, 0.05) is 38.6 Å². The molecule has 1 heterocycles. The van der Waals surface area contributed by atoms with Crippen molar-refractivity contribution >= 4 is 33.9 Å². The number of fused-ring (bicyclic) bond motifs is 1. The van der Waals surface area contributed by atoms with Gasteiger partial charge in [-0.25, -0.2) is 0 Å². The molecule has 3 aromatic rings. The van der Waals surface area contributed by atoms with Crippen LogP contribution in [0.15, 0.2) is 60.4 Å². The summed E-state index contributed by atoms with van der Waals surface area (Å²) in [5, 5.41) is 41.1. The molecular formula is C24H22N4O5. The van der Waals surface area contributed by atoms with E-state index in [1.54, 1.807) is 36.4 Å². The largest absolute Gasteiger partial charge is 0.507 e. The van der Waals surface area contributed by atoms with E-state index in [1.165, 1.54) is 6.08 Å². The molecule has 0 aliphatic heterocycles. The van der Waals surface area contributed by atoms with Crippen molar-refractivity contribution in [2.75, 3.05) is 0 Å². The molecule has 1 atom stereocenters. The zero-order valence-electron chi connectivity index (χ0n) is 17.8. The number of aryl methyl sites for hydroxylation is 1. The van der Waals surface area contributed by atoms with Gasteiger partial charge in [-0.15, -0.1) is 0 Å². The molecular weight excluding hydrogens is 424 g/mol. The van der Waals surface area contributed by atoms with Gasteiger partial charge < -0.3 is 20.9 Å². The first-order valence-corrected chi connectivity index (χ1v) is 10.2. The molecule has 9 nitrogen and oxygen atoms in total. The minimum atomic E-state index is -1.94. The lowest BCUT2D eigenvalue weighted by atomic mass is 9.77. The first-order valence-electron chi connectivity index (χ1n) is 10.2. The molecule has 1 aromatic heterocycles. The first kappa shape index (κ1) is 21.8. The Kier molecular flexibility index (Phi) is 5.25. The van der Waals surface area contributed by atoms with E-state index in [1.807, 2.05) is 19.1 Å². The quantitative estimate of drug-likeness (QED) is 0.166. The zero-order valence-corrected chi connectivity index (χ0v) is 17.8. The number of aliphatic carboxylic acids is 1. The maximum atomic E-state index is 12.2. The van der Waals surface area contributed by atoms with Crippen molar-refractivity contribution in [3.63, 3.8) is 0 Å². The number of aromatic amines is 1. The molecule has 0 radical (unpaired) electrons. The minimum absolute atomic E-state index is 0.102. The van der Waals surface area contributed by atoms with E-state index in [0.717, 1.165) is 5.56 Å². The molecule has 4 rings (SSSR count). The molecule has 2 aromatic carbocycles. The summed E-state index contributed by atoms with van der Waals surface area (Å²) in [6.07, 6.45) is 0.227. The molecule has 1 aliphatic carbocycles. The van der Waals surface area contributed by atoms with Crippen LogP contribution >= 0.6 is 0 Å². The number of aliphatic hydroxyl groups excluding tert-OH is 1. The number of nitrogen functional groups attached to an aromatic ring is 1. The molecule has 1 unspecified atom stereocenters. The van der Waals surface area contributed by atoms with Crippen molar-refractivity contribution in [1.29, 1.82) is 5.41 Å². The number of nitrogens with zero attached hydrogens (tertiary/aromatic N) is 1. The van der Waals surface area contributed by atoms with Crippen LogP contribution in [0.4, 0.5) is 0 Å². The smallest absolute Gasteiger partial charge is 0.311 e. The molecule has 0 bridgehead atoms. The lowest BCUT2D eigenvalue weighted by Crippen LogP contribution is -2.41. The Hall–Kier alpha value is -4.40. The number of nitrogens with one attached hydrogen (secondary N) is 2. The van der Waals surface area contributed by atoms with E-state index < -0.39 is 22.9 Å². The lowest BCUT2D eigenvalue weighted by molar-refractivity contribution is -0.553. The third-order valence-electron chi connectivity index (χ3n) is 5.88. The molecule has 0 fully saturated rings. The summed E-state index contributed by atoms with van der Waals surface area (Å²) in [7, 11) is 0. The summed E-state index contributed by atoms with van der Waals surface area (Å²) in [5.41, 5.74) is 7.22. The molecule has 1 aliphatic rings. The van der Waals surface area contributed by atoms with E-state index in [0.29, 0.717) is 33.3 Å². The van der Waals surface area contributed by atoms with Crippen LogP contribution in [0.1, 0.15) is 35.2 Å². The summed E-state index contributed by atoms with van der Waals surface area (Å²) < 4.78 is 0. The van der Waals surface area contributed by atoms with Gasteiger partial charge in [0.15, 0.2) is 0 Å². The molecule has 168 valence electrons. The molecule has 0 saturated heterocycles. The number of allylic oxidation sites excluding steroid dienone is 1. The predicted octanol–water partition coefficient (Wildman–Crippen LogP) is 4.01. The number of carbonyl (C=O) groups is 1. The maximum absolute atomic E-state index is 12.2. The second-order valence-electron chi connectivity index (χ2n) is 8.26. The van der Waals surface area contributed by atoms with Crippen molar-refractivity contribution in [2.24, 2.45) is 5.73 Å². The van der Waals surface area contributed by atoms with E-state index in [2.05, 4.69) is 4.98 Å². The second-order valence-corrected chi connectivity index (χ2v) is 8.26. The number of amidine groups is 1. The van der Waals surface area contributed by atoms with Crippen LogP contribution in [0.25, 0.3) is 22.0 Å². The summed E-state index contributed by atoms with van der Waals surface area (Å²) in [4.78, 5) is 26.3. The van der Waals surface area contributed by atoms with Gasteiger partial charge in [-0.3, -0.25) is 20.3 Å². The van der Waals surface area contributed by atoms with Gasteiger partial charge in [0.05, 0.1) is 12.1 Å². The van der Waals surface area contributed by atoms with Crippen LogP contribution in [0, 0.1) is 22.4 Å². The standard InChI is InChI=1S/C24H22N4O5/c1-13-2-4-14(5-3-13)17-10-24(28(32)33,12-21(29)30)11-18(22(17)31)20-9-16-8-15(23(25)26)6-7-19(16)27-20/h2-9,11,27,31H,10,12H2,1H3,(H3,25,26)(H,29,30).